The number of hydrogen-bond acceptors (Lipinski definition) is 4. The third-order valence-corrected chi connectivity index (χ3v) is 4.24. The van der Waals surface area contributed by atoms with Crippen LogP contribution in [-0.2, 0) is 4.74 Å². The lowest BCUT2D eigenvalue weighted by Gasteiger charge is -2.42. The smallest absolute Gasteiger partial charge is 0.0926 e. The summed E-state index contributed by atoms with van der Waals surface area (Å²) < 4.78 is 5.92. The molecule has 0 amide bonds. The van der Waals surface area contributed by atoms with E-state index in [0.717, 1.165) is 25.4 Å². The lowest BCUT2D eigenvalue weighted by molar-refractivity contribution is -0.0103. The predicted octanol–water partition coefficient (Wildman–Crippen LogP) is 2.41. The van der Waals surface area contributed by atoms with Crippen molar-refractivity contribution in [1.29, 1.82) is 0 Å². The maximum absolute atomic E-state index is 5.92. The van der Waals surface area contributed by atoms with Crippen LogP contribution in [0.2, 0.25) is 0 Å². The Balaban J connectivity index is 2.09. The highest BCUT2D eigenvalue weighted by molar-refractivity contribution is 5.45. The van der Waals surface area contributed by atoms with E-state index in [0.29, 0.717) is 5.92 Å². The summed E-state index contributed by atoms with van der Waals surface area (Å²) in [6.07, 6.45) is 2.18. The van der Waals surface area contributed by atoms with Crippen molar-refractivity contribution < 1.29 is 4.74 Å². The van der Waals surface area contributed by atoms with E-state index >= 15 is 0 Å². The molecule has 1 aliphatic heterocycles. The third-order valence-electron chi connectivity index (χ3n) is 4.24. The molecule has 2 heterocycles. The van der Waals surface area contributed by atoms with E-state index in [1.54, 1.807) is 0 Å². The molecule has 1 N–H and O–H groups in total. The molecular formula is C16H27N3O. The molecule has 0 bridgehead atoms. The molecule has 0 radical (unpaired) electrons. The van der Waals surface area contributed by atoms with Crippen LogP contribution in [-0.4, -0.2) is 43.4 Å². The van der Waals surface area contributed by atoms with E-state index in [1.807, 2.05) is 13.2 Å². The summed E-state index contributed by atoms with van der Waals surface area (Å²) in [7, 11) is 1.99. The van der Waals surface area contributed by atoms with Gasteiger partial charge in [0.2, 0.25) is 0 Å². The van der Waals surface area contributed by atoms with Gasteiger partial charge < -0.3 is 15.0 Å². The number of likely N-dealkylation sites (N-methyl/N-ethyl adjacent to an activating group) is 1. The fourth-order valence-electron chi connectivity index (χ4n) is 2.41. The SMILES string of the molecule is CNC(C)(C)C1CN(c2ccc(C(C)C)nc2)CCO1. The summed E-state index contributed by atoms with van der Waals surface area (Å²) in [6, 6.07) is 4.31. The van der Waals surface area contributed by atoms with Crippen LogP contribution < -0.4 is 10.2 Å². The van der Waals surface area contributed by atoms with Crippen LogP contribution in [0.15, 0.2) is 18.3 Å². The molecule has 0 aromatic carbocycles. The van der Waals surface area contributed by atoms with Crippen LogP contribution >= 0.6 is 0 Å². The zero-order valence-electron chi connectivity index (χ0n) is 13.3. The fourth-order valence-corrected chi connectivity index (χ4v) is 2.41. The number of nitrogens with one attached hydrogen (secondary N) is 1. The van der Waals surface area contributed by atoms with Crippen molar-refractivity contribution in [3.05, 3.63) is 24.0 Å². The van der Waals surface area contributed by atoms with Crippen molar-refractivity contribution in [3.63, 3.8) is 0 Å². The predicted molar refractivity (Wildman–Crippen MR) is 83.4 cm³/mol. The quantitative estimate of drug-likeness (QED) is 0.917. The van der Waals surface area contributed by atoms with Crippen LogP contribution in [0.25, 0.3) is 0 Å². The molecule has 1 fully saturated rings. The number of rotatable bonds is 4. The zero-order valence-corrected chi connectivity index (χ0v) is 13.3. The van der Waals surface area contributed by atoms with E-state index < -0.39 is 0 Å². The zero-order chi connectivity index (χ0) is 14.8. The highest BCUT2D eigenvalue weighted by Gasteiger charge is 2.33. The second kappa shape index (κ2) is 6.10. The maximum Gasteiger partial charge on any atom is 0.0926 e. The van der Waals surface area contributed by atoms with E-state index in [2.05, 4.69) is 55.0 Å². The Bertz CT molecular complexity index is 428. The van der Waals surface area contributed by atoms with E-state index in [4.69, 9.17) is 4.74 Å². The van der Waals surface area contributed by atoms with Gasteiger partial charge in [0, 0.05) is 24.3 Å². The second-order valence-electron chi connectivity index (χ2n) is 6.37. The Kier molecular flexibility index (Phi) is 4.66. The minimum Gasteiger partial charge on any atom is -0.373 e. The van der Waals surface area contributed by atoms with E-state index in [-0.39, 0.29) is 11.6 Å². The Morgan fingerprint density at radius 2 is 2.15 bits per heavy atom. The van der Waals surface area contributed by atoms with Crippen molar-refractivity contribution in [2.45, 2.75) is 45.3 Å². The average molecular weight is 277 g/mol. The topological polar surface area (TPSA) is 37.4 Å². The summed E-state index contributed by atoms with van der Waals surface area (Å²) in [5, 5.41) is 3.34. The highest BCUT2D eigenvalue weighted by Crippen LogP contribution is 2.23. The van der Waals surface area contributed by atoms with Crippen molar-refractivity contribution in [1.82, 2.24) is 10.3 Å². The lowest BCUT2D eigenvalue weighted by atomic mass is 9.96. The molecule has 1 aromatic rings. The van der Waals surface area contributed by atoms with Crippen molar-refractivity contribution in [2.75, 3.05) is 31.6 Å². The van der Waals surface area contributed by atoms with Gasteiger partial charge in [-0.25, -0.2) is 0 Å². The van der Waals surface area contributed by atoms with Crippen molar-refractivity contribution in [2.24, 2.45) is 0 Å². The molecular weight excluding hydrogens is 250 g/mol. The molecule has 1 aromatic heterocycles. The number of aromatic nitrogens is 1. The van der Waals surface area contributed by atoms with Gasteiger partial charge in [-0.2, -0.15) is 0 Å². The summed E-state index contributed by atoms with van der Waals surface area (Å²) in [5.74, 6) is 0.477. The summed E-state index contributed by atoms with van der Waals surface area (Å²) in [4.78, 5) is 6.93. The normalized spacial score (nSPS) is 20.5. The van der Waals surface area contributed by atoms with Gasteiger partial charge >= 0.3 is 0 Å². The molecule has 1 unspecified atom stereocenters. The molecule has 2 rings (SSSR count). The molecule has 4 nitrogen and oxygen atoms in total. The first-order valence-corrected chi connectivity index (χ1v) is 7.45. The van der Waals surface area contributed by atoms with Crippen LogP contribution in [0.3, 0.4) is 0 Å². The molecule has 1 atom stereocenters. The largest absolute Gasteiger partial charge is 0.373 e. The number of anilines is 1. The average Bonchev–Trinajstić information content (AvgIpc) is 2.47. The molecule has 112 valence electrons. The molecule has 0 saturated carbocycles. The molecule has 0 aliphatic carbocycles. The first-order chi connectivity index (χ1) is 9.44. The number of pyridine rings is 1. The van der Waals surface area contributed by atoms with Crippen molar-refractivity contribution >= 4 is 5.69 Å². The number of nitrogens with zero attached hydrogens (tertiary/aromatic N) is 2. The van der Waals surface area contributed by atoms with Crippen molar-refractivity contribution in [3.8, 4) is 0 Å². The van der Waals surface area contributed by atoms with Gasteiger partial charge in [0.25, 0.3) is 0 Å². The van der Waals surface area contributed by atoms with Gasteiger partial charge in [0.05, 0.1) is 24.6 Å². The van der Waals surface area contributed by atoms with Gasteiger partial charge in [0.1, 0.15) is 0 Å². The van der Waals surface area contributed by atoms with Crippen LogP contribution in [0.5, 0.6) is 0 Å². The van der Waals surface area contributed by atoms with Gasteiger partial charge in [-0.15, -0.1) is 0 Å². The minimum atomic E-state index is -0.0238. The first-order valence-electron chi connectivity index (χ1n) is 7.45. The summed E-state index contributed by atoms with van der Waals surface area (Å²) in [5.41, 5.74) is 2.31. The summed E-state index contributed by atoms with van der Waals surface area (Å²) >= 11 is 0. The highest BCUT2D eigenvalue weighted by atomic mass is 16.5. The summed E-state index contributed by atoms with van der Waals surface area (Å²) in [6.45, 7) is 11.3. The van der Waals surface area contributed by atoms with Crippen LogP contribution in [0, 0.1) is 0 Å². The Hall–Kier alpha value is -1.13. The van der Waals surface area contributed by atoms with Gasteiger partial charge in [-0.3, -0.25) is 4.98 Å². The molecule has 4 heteroatoms. The van der Waals surface area contributed by atoms with Crippen LogP contribution in [0.1, 0.15) is 39.3 Å². The molecule has 20 heavy (non-hydrogen) atoms. The molecule has 1 aliphatic rings. The molecule has 0 spiro atoms. The Morgan fingerprint density at radius 3 is 2.70 bits per heavy atom. The van der Waals surface area contributed by atoms with E-state index in [1.165, 1.54) is 5.69 Å². The number of ether oxygens (including phenoxy) is 1. The number of morpholine rings is 1. The first kappa shape index (κ1) is 15.3. The Morgan fingerprint density at radius 1 is 1.40 bits per heavy atom. The van der Waals surface area contributed by atoms with Gasteiger partial charge in [-0.05, 0) is 38.9 Å². The van der Waals surface area contributed by atoms with Gasteiger partial charge in [0.15, 0.2) is 0 Å². The number of hydrogen-bond donors (Lipinski definition) is 1. The maximum atomic E-state index is 5.92. The lowest BCUT2D eigenvalue weighted by Crippen LogP contribution is -2.57. The fraction of sp³-hybridized carbons (Fsp3) is 0.688. The standard InChI is InChI=1S/C16H27N3O/c1-12(2)14-7-6-13(10-18-14)19-8-9-20-15(11-19)16(3,4)17-5/h6-7,10,12,15,17H,8-9,11H2,1-5H3. The third kappa shape index (κ3) is 3.30. The van der Waals surface area contributed by atoms with Crippen LogP contribution in [0.4, 0.5) is 5.69 Å². The second-order valence-corrected chi connectivity index (χ2v) is 6.37. The van der Waals surface area contributed by atoms with Gasteiger partial charge in [-0.1, -0.05) is 13.8 Å². The minimum absolute atomic E-state index is 0.0238. The Labute approximate surface area is 122 Å². The monoisotopic (exact) mass is 277 g/mol. The molecule has 1 saturated heterocycles. The van der Waals surface area contributed by atoms with E-state index in [9.17, 15) is 0 Å².